The maximum absolute atomic E-state index is 6.24. The predicted octanol–water partition coefficient (Wildman–Crippen LogP) is 7.07. The zero-order valence-corrected chi connectivity index (χ0v) is 18.6. The molecule has 6 rings (SSSR count). The number of aromatic nitrogens is 3. The normalized spacial score (nSPS) is 11.2. The summed E-state index contributed by atoms with van der Waals surface area (Å²) in [5, 5.41) is 3.47. The van der Waals surface area contributed by atoms with Gasteiger partial charge in [-0.15, -0.1) is 0 Å². The zero-order chi connectivity index (χ0) is 22.7. The molecule has 0 fully saturated rings. The van der Waals surface area contributed by atoms with Gasteiger partial charge in [0.05, 0.1) is 6.61 Å². The third kappa shape index (κ3) is 3.80. The van der Waals surface area contributed by atoms with Gasteiger partial charge in [0.15, 0.2) is 0 Å². The lowest BCUT2D eigenvalue weighted by Gasteiger charge is -2.12. The average molecular weight is 442 g/mol. The van der Waals surface area contributed by atoms with Crippen molar-refractivity contribution in [1.29, 1.82) is 0 Å². The van der Waals surface area contributed by atoms with Gasteiger partial charge in [-0.05, 0) is 40.3 Å². The number of para-hydroxylation sites is 1. The summed E-state index contributed by atoms with van der Waals surface area (Å²) in [6.07, 6.45) is 10.3. The molecule has 0 atom stereocenters. The van der Waals surface area contributed by atoms with Crippen LogP contribution in [0, 0.1) is 0 Å². The number of pyridine rings is 2. The van der Waals surface area contributed by atoms with E-state index in [1.807, 2.05) is 49.1 Å². The van der Waals surface area contributed by atoms with E-state index in [0.717, 1.165) is 34.2 Å². The minimum absolute atomic E-state index is 0.606. The Labute approximate surface area is 197 Å². The summed E-state index contributed by atoms with van der Waals surface area (Å²) in [7, 11) is 0. The first kappa shape index (κ1) is 20.2. The van der Waals surface area contributed by atoms with E-state index in [4.69, 9.17) is 4.74 Å². The number of fused-ring (bicyclic) bond motifs is 2. The maximum atomic E-state index is 6.24. The fourth-order valence-electron chi connectivity index (χ4n) is 4.50. The Balaban J connectivity index is 1.18. The second-order valence-electron chi connectivity index (χ2n) is 8.32. The van der Waals surface area contributed by atoms with Crippen molar-refractivity contribution in [3.63, 3.8) is 0 Å². The molecule has 164 valence electrons. The van der Waals surface area contributed by atoms with Gasteiger partial charge < -0.3 is 9.72 Å². The summed E-state index contributed by atoms with van der Waals surface area (Å²) < 4.78 is 6.24. The molecule has 0 aliphatic rings. The van der Waals surface area contributed by atoms with Gasteiger partial charge in [-0.3, -0.25) is 9.97 Å². The van der Waals surface area contributed by atoms with Gasteiger partial charge in [0.1, 0.15) is 5.75 Å². The van der Waals surface area contributed by atoms with Crippen molar-refractivity contribution in [1.82, 2.24) is 15.0 Å². The molecule has 0 radical (unpaired) electrons. The highest BCUT2D eigenvalue weighted by Crippen LogP contribution is 2.35. The minimum atomic E-state index is 0.606. The number of nitrogens with one attached hydrogen (secondary N) is 1. The van der Waals surface area contributed by atoms with E-state index in [1.165, 1.54) is 27.5 Å². The molecule has 4 heteroatoms. The SMILES string of the molecule is c1ccc(-c2c[nH]c3ccncc23)c(OCCc2ccc(-c3cccc4ccncc34)cc2)c1. The molecule has 3 aromatic heterocycles. The molecular formula is C30H23N3O. The molecule has 4 nitrogen and oxygen atoms in total. The number of nitrogens with zero attached hydrogens (tertiary/aromatic N) is 2. The Morgan fingerprint density at radius 1 is 0.676 bits per heavy atom. The second kappa shape index (κ2) is 8.83. The van der Waals surface area contributed by atoms with Crippen LogP contribution in [0.3, 0.4) is 0 Å². The van der Waals surface area contributed by atoms with E-state index in [1.54, 1.807) is 6.20 Å². The first-order chi connectivity index (χ1) is 16.9. The first-order valence-electron chi connectivity index (χ1n) is 11.4. The van der Waals surface area contributed by atoms with E-state index in [9.17, 15) is 0 Å². The molecule has 1 N–H and O–H groups in total. The second-order valence-corrected chi connectivity index (χ2v) is 8.32. The largest absolute Gasteiger partial charge is 0.493 e. The fourth-order valence-corrected chi connectivity index (χ4v) is 4.50. The van der Waals surface area contributed by atoms with Crippen molar-refractivity contribution in [2.45, 2.75) is 6.42 Å². The van der Waals surface area contributed by atoms with Crippen LogP contribution in [0.5, 0.6) is 5.75 Å². The zero-order valence-electron chi connectivity index (χ0n) is 18.6. The van der Waals surface area contributed by atoms with Crippen LogP contribution < -0.4 is 4.74 Å². The summed E-state index contributed by atoms with van der Waals surface area (Å²) in [6.45, 7) is 0.606. The summed E-state index contributed by atoms with van der Waals surface area (Å²) in [5.41, 5.74) is 6.89. The minimum Gasteiger partial charge on any atom is -0.493 e. The highest BCUT2D eigenvalue weighted by Gasteiger charge is 2.11. The van der Waals surface area contributed by atoms with Crippen molar-refractivity contribution in [2.24, 2.45) is 0 Å². The highest BCUT2D eigenvalue weighted by atomic mass is 16.5. The standard InChI is InChI=1S/C30H23N3O/c1-2-7-30(25(5-1)27-20-33-29-13-16-32-19-28(27)29)34-17-14-21-8-10-23(11-9-21)24-6-3-4-22-12-15-31-18-26(22)24/h1-13,15-16,18-20,33H,14,17H2. The van der Waals surface area contributed by atoms with Crippen LogP contribution in [0.2, 0.25) is 0 Å². The van der Waals surface area contributed by atoms with E-state index in [2.05, 4.69) is 69.5 Å². The van der Waals surface area contributed by atoms with Crippen molar-refractivity contribution in [3.05, 3.63) is 115 Å². The van der Waals surface area contributed by atoms with E-state index < -0.39 is 0 Å². The highest BCUT2D eigenvalue weighted by molar-refractivity contribution is 5.97. The lowest BCUT2D eigenvalue weighted by molar-refractivity contribution is 0.323. The molecule has 0 spiro atoms. The molecule has 6 aromatic rings. The average Bonchev–Trinajstić information content (AvgIpc) is 3.33. The molecule has 0 aliphatic carbocycles. The third-order valence-electron chi connectivity index (χ3n) is 6.26. The number of hydrogen-bond acceptors (Lipinski definition) is 3. The van der Waals surface area contributed by atoms with Crippen LogP contribution >= 0.6 is 0 Å². The van der Waals surface area contributed by atoms with Gasteiger partial charge in [-0.25, -0.2) is 0 Å². The maximum Gasteiger partial charge on any atom is 0.127 e. The number of benzene rings is 3. The van der Waals surface area contributed by atoms with Crippen LogP contribution in [0.15, 0.2) is 110 Å². The van der Waals surface area contributed by atoms with Gasteiger partial charge in [0.2, 0.25) is 0 Å². The van der Waals surface area contributed by atoms with E-state index in [-0.39, 0.29) is 0 Å². The van der Waals surface area contributed by atoms with Crippen LogP contribution in [-0.2, 0) is 6.42 Å². The molecule has 0 unspecified atom stereocenters. The van der Waals surface area contributed by atoms with Gasteiger partial charge in [-0.1, -0.05) is 60.7 Å². The van der Waals surface area contributed by atoms with Crippen molar-refractivity contribution in [3.8, 4) is 28.0 Å². The Morgan fingerprint density at radius 3 is 2.38 bits per heavy atom. The summed E-state index contributed by atoms with van der Waals surface area (Å²) in [4.78, 5) is 11.9. The van der Waals surface area contributed by atoms with E-state index in [0.29, 0.717) is 6.61 Å². The van der Waals surface area contributed by atoms with Gasteiger partial charge in [0.25, 0.3) is 0 Å². The number of rotatable bonds is 6. The van der Waals surface area contributed by atoms with Crippen molar-refractivity contribution < 1.29 is 4.74 Å². The topological polar surface area (TPSA) is 50.8 Å². The molecule has 3 aromatic carbocycles. The smallest absolute Gasteiger partial charge is 0.127 e. The summed E-state index contributed by atoms with van der Waals surface area (Å²) in [6, 6.07) is 27.3. The number of H-pyrrole nitrogens is 1. The monoisotopic (exact) mass is 441 g/mol. The Kier molecular flexibility index (Phi) is 5.24. The molecule has 3 heterocycles. The number of hydrogen-bond donors (Lipinski definition) is 1. The first-order valence-corrected chi connectivity index (χ1v) is 11.4. The molecule has 0 aliphatic heterocycles. The Bertz CT molecular complexity index is 1580. The number of aromatic amines is 1. The van der Waals surface area contributed by atoms with Gasteiger partial charge in [-0.2, -0.15) is 0 Å². The van der Waals surface area contributed by atoms with Crippen LogP contribution in [-0.4, -0.2) is 21.6 Å². The van der Waals surface area contributed by atoms with Gasteiger partial charge in [0, 0.05) is 64.8 Å². The van der Waals surface area contributed by atoms with Crippen molar-refractivity contribution in [2.75, 3.05) is 6.61 Å². The predicted molar refractivity (Wildman–Crippen MR) is 138 cm³/mol. The molecule has 0 bridgehead atoms. The van der Waals surface area contributed by atoms with Gasteiger partial charge >= 0.3 is 0 Å². The summed E-state index contributed by atoms with van der Waals surface area (Å²) in [5.74, 6) is 0.882. The van der Waals surface area contributed by atoms with Crippen LogP contribution in [0.4, 0.5) is 0 Å². The number of ether oxygens (including phenoxy) is 1. The van der Waals surface area contributed by atoms with Crippen molar-refractivity contribution >= 4 is 21.7 Å². The quantitative estimate of drug-likeness (QED) is 0.301. The lowest BCUT2D eigenvalue weighted by atomic mass is 9.98. The lowest BCUT2D eigenvalue weighted by Crippen LogP contribution is -2.02. The van der Waals surface area contributed by atoms with Crippen LogP contribution in [0.1, 0.15) is 5.56 Å². The molecular weight excluding hydrogens is 418 g/mol. The van der Waals surface area contributed by atoms with Crippen LogP contribution in [0.25, 0.3) is 43.9 Å². The third-order valence-corrected chi connectivity index (χ3v) is 6.26. The molecule has 0 amide bonds. The van der Waals surface area contributed by atoms with E-state index >= 15 is 0 Å². The molecule has 0 saturated carbocycles. The fraction of sp³-hybridized carbons (Fsp3) is 0.0667. The Hall–Kier alpha value is -4.44. The molecule has 0 saturated heterocycles. The molecule has 34 heavy (non-hydrogen) atoms. The summed E-state index contributed by atoms with van der Waals surface area (Å²) >= 11 is 0. The Morgan fingerprint density at radius 2 is 1.47 bits per heavy atom.